The molecule has 2 heterocycles. The van der Waals surface area contributed by atoms with Gasteiger partial charge in [0.2, 0.25) is 0 Å². The average molecular weight is 206 g/mol. The van der Waals surface area contributed by atoms with E-state index in [-0.39, 0.29) is 6.10 Å². The zero-order valence-corrected chi connectivity index (χ0v) is 9.44. The van der Waals surface area contributed by atoms with Crippen molar-refractivity contribution in [1.29, 1.82) is 0 Å². The number of nitrogens with zero attached hydrogens (tertiary/aromatic N) is 2. The Morgan fingerprint density at radius 2 is 2.47 bits per heavy atom. The van der Waals surface area contributed by atoms with Gasteiger partial charge in [-0.1, -0.05) is 6.92 Å². The number of hydrogen-bond acceptors (Lipinski definition) is 3. The van der Waals surface area contributed by atoms with E-state index >= 15 is 0 Å². The molecule has 0 amide bonds. The van der Waals surface area contributed by atoms with Gasteiger partial charge in [-0.05, 0) is 31.2 Å². The van der Waals surface area contributed by atoms with Crippen LogP contribution in [0.25, 0.3) is 0 Å². The van der Waals surface area contributed by atoms with E-state index < -0.39 is 0 Å². The van der Waals surface area contributed by atoms with Crippen LogP contribution in [0, 0.1) is 6.92 Å². The van der Waals surface area contributed by atoms with Crippen molar-refractivity contribution < 1.29 is 4.74 Å². The van der Waals surface area contributed by atoms with E-state index in [0.717, 1.165) is 31.9 Å². The van der Waals surface area contributed by atoms with E-state index in [2.05, 4.69) is 28.9 Å². The summed E-state index contributed by atoms with van der Waals surface area (Å²) in [4.78, 5) is 6.63. The molecule has 0 spiro atoms. The Balaban J connectivity index is 2.09. The third kappa shape index (κ3) is 2.55. The predicted molar refractivity (Wildman–Crippen MR) is 59.8 cm³/mol. The lowest BCUT2D eigenvalue weighted by atomic mass is 10.1. The van der Waals surface area contributed by atoms with Gasteiger partial charge in [0.1, 0.15) is 0 Å². The van der Waals surface area contributed by atoms with Gasteiger partial charge in [-0.3, -0.25) is 9.88 Å². The van der Waals surface area contributed by atoms with E-state index in [4.69, 9.17) is 4.74 Å². The molecule has 3 nitrogen and oxygen atoms in total. The Hall–Kier alpha value is -0.930. The number of ether oxygens (including phenoxy) is 1. The monoisotopic (exact) mass is 206 g/mol. The molecule has 0 N–H and O–H groups in total. The van der Waals surface area contributed by atoms with Crippen molar-refractivity contribution in [1.82, 2.24) is 9.88 Å². The van der Waals surface area contributed by atoms with Crippen LogP contribution in [0.1, 0.15) is 24.3 Å². The van der Waals surface area contributed by atoms with E-state index in [1.54, 1.807) is 0 Å². The summed E-state index contributed by atoms with van der Waals surface area (Å²) in [6, 6.07) is 4.17. The number of morpholine rings is 1. The SMILES string of the molecule is CCN1CCOC(c2ccnc(C)c2)C1. The highest BCUT2D eigenvalue weighted by Crippen LogP contribution is 2.21. The minimum absolute atomic E-state index is 0.223. The lowest BCUT2D eigenvalue weighted by Gasteiger charge is -2.32. The Kier molecular flexibility index (Phi) is 3.34. The van der Waals surface area contributed by atoms with Gasteiger partial charge < -0.3 is 4.74 Å². The summed E-state index contributed by atoms with van der Waals surface area (Å²) >= 11 is 0. The van der Waals surface area contributed by atoms with Gasteiger partial charge in [0.15, 0.2) is 0 Å². The first kappa shape index (κ1) is 10.6. The third-order valence-corrected chi connectivity index (χ3v) is 2.89. The molecule has 3 heteroatoms. The van der Waals surface area contributed by atoms with E-state index in [1.165, 1.54) is 5.56 Å². The largest absolute Gasteiger partial charge is 0.371 e. The van der Waals surface area contributed by atoms with Crippen LogP contribution < -0.4 is 0 Å². The maximum Gasteiger partial charge on any atom is 0.0953 e. The van der Waals surface area contributed by atoms with Crippen molar-refractivity contribution in [2.24, 2.45) is 0 Å². The zero-order valence-electron chi connectivity index (χ0n) is 9.44. The molecule has 1 unspecified atom stereocenters. The molecule has 2 rings (SSSR count). The summed E-state index contributed by atoms with van der Waals surface area (Å²) in [6.45, 7) is 8.20. The van der Waals surface area contributed by atoms with Crippen LogP contribution in [0.4, 0.5) is 0 Å². The first-order valence-electron chi connectivity index (χ1n) is 5.56. The molecule has 1 aromatic heterocycles. The molecular formula is C12H18N2O. The van der Waals surface area contributed by atoms with Gasteiger partial charge in [0.25, 0.3) is 0 Å². The topological polar surface area (TPSA) is 25.4 Å². The Morgan fingerprint density at radius 1 is 1.60 bits per heavy atom. The molecule has 1 atom stereocenters. The van der Waals surface area contributed by atoms with Crippen LogP contribution in [0.5, 0.6) is 0 Å². The molecule has 1 aromatic rings. The second-order valence-corrected chi connectivity index (χ2v) is 3.98. The molecule has 0 bridgehead atoms. The second kappa shape index (κ2) is 4.73. The standard InChI is InChI=1S/C12H18N2O/c1-3-14-6-7-15-12(9-14)11-4-5-13-10(2)8-11/h4-5,8,12H,3,6-7,9H2,1-2H3. The van der Waals surface area contributed by atoms with Crippen LogP contribution in [-0.4, -0.2) is 36.1 Å². The van der Waals surface area contributed by atoms with Crippen LogP contribution in [0.3, 0.4) is 0 Å². The normalized spacial score (nSPS) is 22.9. The van der Waals surface area contributed by atoms with E-state index in [0.29, 0.717) is 0 Å². The summed E-state index contributed by atoms with van der Waals surface area (Å²) in [7, 11) is 0. The molecule has 0 radical (unpaired) electrons. The number of aromatic nitrogens is 1. The minimum Gasteiger partial charge on any atom is -0.371 e. The number of likely N-dealkylation sites (N-methyl/N-ethyl adjacent to an activating group) is 1. The van der Waals surface area contributed by atoms with Gasteiger partial charge in [0, 0.05) is 25.0 Å². The first-order valence-corrected chi connectivity index (χ1v) is 5.56. The van der Waals surface area contributed by atoms with Crippen LogP contribution in [0.2, 0.25) is 0 Å². The predicted octanol–water partition coefficient (Wildman–Crippen LogP) is 1.78. The molecule has 1 fully saturated rings. The lowest BCUT2D eigenvalue weighted by Crippen LogP contribution is -2.38. The van der Waals surface area contributed by atoms with Crippen LogP contribution >= 0.6 is 0 Å². The van der Waals surface area contributed by atoms with Crippen molar-refractivity contribution in [2.75, 3.05) is 26.2 Å². The summed E-state index contributed by atoms with van der Waals surface area (Å²) in [5, 5.41) is 0. The first-order chi connectivity index (χ1) is 7.29. The fourth-order valence-electron chi connectivity index (χ4n) is 1.96. The number of hydrogen-bond donors (Lipinski definition) is 0. The quantitative estimate of drug-likeness (QED) is 0.737. The molecule has 0 saturated carbocycles. The summed E-state index contributed by atoms with van der Waals surface area (Å²) in [6.07, 6.45) is 2.08. The molecule has 82 valence electrons. The molecule has 1 aliphatic rings. The Bertz CT molecular complexity index is 327. The Labute approximate surface area is 91.1 Å². The van der Waals surface area contributed by atoms with Crippen molar-refractivity contribution in [3.63, 3.8) is 0 Å². The van der Waals surface area contributed by atoms with Gasteiger partial charge in [-0.2, -0.15) is 0 Å². The van der Waals surface area contributed by atoms with Crippen molar-refractivity contribution in [3.05, 3.63) is 29.6 Å². The molecule has 15 heavy (non-hydrogen) atoms. The van der Waals surface area contributed by atoms with Gasteiger partial charge >= 0.3 is 0 Å². The average Bonchev–Trinajstić information content (AvgIpc) is 2.29. The number of rotatable bonds is 2. The van der Waals surface area contributed by atoms with E-state index in [9.17, 15) is 0 Å². The van der Waals surface area contributed by atoms with Gasteiger partial charge in [0.05, 0.1) is 12.7 Å². The highest BCUT2D eigenvalue weighted by Gasteiger charge is 2.20. The highest BCUT2D eigenvalue weighted by molar-refractivity contribution is 5.18. The number of pyridine rings is 1. The fraction of sp³-hybridized carbons (Fsp3) is 0.583. The molecule has 1 aliphatic heterocycles. The summed E-state index contributed by atoms with van der Waals surface area (Å²) in [5.41, 5.74) is 2.31. The second-order valence-electron chi connectivity index (χ2n) is 3.98. The summed E-state index contributed by atoms with van der Waals surface area (Å²) < 4.78 is 5.78. The molecular weight excluding hydrogens is 188 g/mol. The van der Waals surface area contributed by atoms with Gasteiger partial charge in [-0.15, -0.1) is 0 Å². The maximum atomic E-state index is 5.78. The summed E-state index contributed by atoms with van der Waals surface area (Å²) in [5.74, 6) is 0. The molecule has 0 aliphatic carbocycles. The van der Waals surface area contributed by atoms with Gasteiger partial charge in [-0.25, -0.2) is 0 Å². The zero-order chi connectivity index (χ0) is 10.7. The van der Waals surface area contributed by atoms with Crippen molar-refractivity contribution in [3.8, 4) is 0 Å². The maximum absolute atomic E-state index is 5.78. The smallest absolute Gasteiger partial charge is 0.0953 e. The van der Waals surface area contributed by atoms with Crippen LogP contribution in [0.15, 0.2) is 18.3 Å². The Morgan fingerprint density at radius 3 is 3.20 bits per heavy atom. The fourth-order valence-corrected chi connectivity index (χ4v) is 1.96. The molecule has 0 aromatic carbocycles. The number of aryl methyl sites for hydroxylation is 1. The van der Waals surface area contributed by atoms with Crippen LogP contribution in [-0.2, 0) is 4.74 Å². The third-order valence-electron chi connectivity index (χ3n) is 2.89. The van der Waals surface area contributed by atoms with Crippen molar-refractivity contribution >= 4 is 0 Å². The highest BCUT2D eigenvalue weighted by atomic mass is 16.5. The lowest BCUT2D eigenvalue weighted by molar-refractivity contribution is -0.0282. The van der Waals surface area contributed by atoms with E-state index in [1.807, 2.05) is 13.1 Å². The van der Waals surface area contributed by atoms with Crippen molar-refractivity contribution in [2.45, 2.75) is 20.0 Å². The minimum atomic E-state index is 0.223. The molecule has 1 saturated heterocycles.